The molecular formula is C17H17F3N4O2. The van der Waals surface area contributed by atoms with Gasteiger partial charge in [-0.25, -0.2) is 0 Å². The van der Waals surface area contributed by atoms with Crippen molar-refractivity contribution in [3.63, 3.8) is 0 Å². The number of benzene rings is 1. The highest BCUT2D eigenvalue weighted by Gasteiger charge is 2.38. The van der Waals surface area contributed by atoms with E-state index in [-0.39, 0.29) is 18.0 Å². The summed E-state index contributed by atoms with van der Waals surface area (Å²) >= 11 is 0. The Morgan fingerprint density at radius 2 is 1.92 bits per heavy atom. The first-order chi connectivity index (χ1) is 12.2. The van der Waals surface area contributed by atoms with Crippen molar-refractivity contribution in [3.8, 4) is 0 Å². The van der Waals surface area contributed by atoms with E-state index >= 15 is 0 Å². The summed E-state index contributed by atoms with van der Waals surface area (Å²) < 4.78 is 40.3. The number of carbonyl (C=O) groups is 2. The molecule has 0 saturated heterocycles. The van der Waals surface area contributed by atoms with E-state index in [2.05, 4.69) is 17.0 Å². The first-order valence-corrected chi connectivity index (χ1v) is 7.63. The molecular weight excluding hydrogens is 349 g/mol. The molecule has 2 aromatic rings. The van der Waals surface area contributed by atoms with E-state index in [1.54, 1.807) is 0 Å². The summed E-state index contributed by atoms with van der Waals surface area (Å²) in [7, 11) is 1.54. The Hall–Kier alpha value is -3.10. The van der Waals surface area contributed by atoms with Gasteiger partial charge in [0.2, 0.25) is 5.91 Å². The summed E-state index contributed by atoms with van der Waals surface area (Å²) in [6.45, 7) is 4.92. The minimum atomic E-state index is -4.65. The van der Waals surface area contributed by atoms with Crippen molar-refractivity contribution < 1.29 is 22.8 Å². The van der Waals surface area contributed by atoms with E-state index in [4.69, 9.17) is 0 Å². The van der Waals surface area contributed by atoms with E-state index in [1.807, 2.05) is 0 Å². The Labute approximate surface area is 147 Å². The van der Waals surface area contributed by atoms with Gasteiger partial charge in [-0.05, 0) is 37.3 Å². The maximum atomic E-state index is 13.2. The van der Waals surface area contributed by atoms with Crippen LogP contribution in [0.1, 0.15) is 23.0 Å². The van der Waals surface area contributed by atoms with Crippen molar-refractivity contribution >= 4 is 23.2 Å². The van der Waals surface area contributed by atoms with Crippen LogP contribution in [0.4, 0.5) is 24.5 Å². The van der Waals surface area contributed by atoms with Gasteiger partial charge in [0, 0.05) is 24.8 Å². The first kappa shape index (κ1) is 19.2. The molecule has 26 heavy (non-hydrogen) atoms. The Morgan fingerprint density at radius 1 is 1.31 bits per heavy atom. The van der Waals surface area contributed by atoms with E-state index in [9.17, 15) is 22.8 Å². The Balaban J connectivity index is 2.22. The minimum absolute atomic E-state index is 0.0169. The number of amides is 2. The molecule has 2 amide bonds. The third kappa shape index (κ3) is 3.93. The lowest BCUT2D eigenvalue weighted by Gasteiger charge is -2.15. The van der Waals surface area contributed by atoms with Gasteiger partial charge < -0.3 is 10.2 Å². The molecule has 0 saturated carbocycles. The minimum Gasteiger partial charge on any atom is -0.319 e. The predicted molar refractivity (Wildman–Crippen MR) is 90.9 cm³/mol. The van der Waals surface area contributed by atoms with Crippen molar-refractivity contribution in [2.45, 2.75) is 19.6 Å². The van der Waals surface area contributed by atoms with Crippen molar-refractivity contribution in [1.29, 1.82) is 0 Å². The molecule has 0 aliphatic rings. The predicted octanol–water partition coefficient (Wildman–Crippen LogP) is 3.32. The SMILES string of the molecule is C=CC(=O)N(C)c1ccc(C(=O)Nc2cnn(CC)c2C(F)(F)F)cc1. The molecule has 0 bridgehead atoms. The number of anilines is 2. The van der Waals surface area contributed by atoms with E-state index in [0.717, 1.165) is 17.0 Å². The maximum absolute atomic E-state index is 13.2. The van der Waals surface area contributed by atoms with E-state index < -0.39 is 23.5 Å². The van der Waals surface area contributed by atoms with E-state index in [0.29, 0.717) is 5.69 Å². The van der Waals surface area contributed by atoms with Gasteiger partial charge in [-0.2, -0.15) is 18.3 Å². The van der Waals surface area contributed by atoms with Crippen LogP contribution in [-0.4, -0.2) is 28.6 Å². The van der Waals surface area contributed by atoms with Crippen LogP contribution in [0.3, 0.4) is 0 Å². The van der Waals surface area contributed by atoms with Crippen LogP contribution in [0.25, 0.3) is 0 Å². The van der Waals surface area contributed by atoms with Crippen molar-refractivity contribution in [3.05, 3.63) is 54.4 Å². The number of aromatic nitrogens is 2. The van der Waals surface area contributed by atoms with Crippen LogP contribution in [0.2, 0.25) is 0 Å². The van der Waals surface area contributed by atoms with Gasteiger partial charge in [-0.15, -0.1) is 0 Å². The quantitative estimate of drug-likeness (QED) is 0.826. The molecule has 1 N–H and O–H groups in total. The molecule has 0 aliphatic carbocycles. The van der Waals surface area contributed by atoms with E-state index in [1.165, 1.54) is 43.1 Å². The fraction of sp³-hybridized carbons (Fsp3) is 0.235. The summed E-state index contributed by atoms with van der Waals surface area (Å²) in [5, 5.41) is 5.87. The number of carbonyl (C=O) groups excluding carboxylic acids is 2. The molecule has 0 radical (unpaired) electrons. The molecule has 2 rings (SSSR count). The Bertz CT molecular complexity index is 826. The van der Waals surface area contributed by atoms with Gasteiger partial charge in [0.15, 0.2) is 5.69 Å². The number of hydrogen-bond donors (Lipinski definition) is 1. The zero-order valence-corrected chi connectivity index (χ0v) is 14.2. The Kier molecular flexibility index (Phi) is 5.49. The zero-order valence-electron chi connectivity index (χ0n) is 14.2. The van der Waals surface area contributed by atoms with Gasteiger partial charge in [0.1, 0.15) is 0 Å². The summed E-state index contributed by atoms with van der Waals surface area (Å²) in [5.74, 6) is -1.04. The highest BCUT2D eigenvalue weighted by molar-refractivity contribution is 6.05. The lowest BCUT2D eigenvalue weighted by Crippen LogP contribution is -2.23. The van der Waals surface area contributed by atoms with Gasteiger partial charge in [-0.3, -0.25) is 14.3 Å². The molecule has 1 aromatic carbocycles. The number of hydrogen-bond acceptors (Lipinski definition) is 3. The average Bonchev–Trinajstić information content (AvgIpc) is 3.03. The summed E-state index contributed by atoms with van der Waals surface area (Å²) in [5.41, 5.74) is -0.763. The van der Waals surface area contributed by atoms with Crippen LogP contribution < -0.4 is 10.2 Å². The van der Waals surface area contributed by atoms with Crippen LogP contribution in [-0.2, 0) is 17.5 Å². The molecule has 9 heteroatoms. The normalized spacial score (nSPS) is 11.1. The van der Waals surface area contributed by atoms with Crippen LogP contribution in [0.15, 0.2) is 43.1 Å². The number of likely N-dealkylation sites (N-methyl/N-ethyl adjacent to an activating group) is 1. The van der Waals surface area contributed by atoms with Crippen molar-refractivity contribution in [1.82, 2.24) is 9.78 Å². The smallest absolute Gasteiger partial charge is 0.319 e. The molecule has 0 unspecified atom stereocenters. The molecule has 0 atom stereocenters. The third-order valence-electron chi connectivity index (χ3n) is 3.68. The number of aryl methyl sites for hydroxylation is 1. The summed E-state index contributed by atoms with van der Waals surface area (Å²) in [6, 6.07) is 5.84. The molecule has 138 valence electrons. The molecule has 0 fully saturated rings. The second-order valence-corrected chi connectivity index (χ2v) is 5.32. The highest BCUT2D eigenvalue weighted by Crippen LogP contribution is 2.35. The highest BCUT2D eigenvalue weighted by atomic mass is 19.4. The average molecular weight is 366 g/mol. The lowest BCUT2D eigenvalue weighted by molar-refractivity contribution is -0.143. The van der Waals surface area contributed by atoms with Gasteiger partial charge >= 0.3 is 6.18 Å². The Morgan fingerprint density at radius 3 is 2.42 bits per heavy atom. The third-order valence-corrected chi connectivity index (χ3v) is 3.68. The molecule has 0 aliphatic heterocycles. The van der Waals surface area contributed by atoms with Crippen molar-refractivity contribution in [2.24, 2.45) is 0 Å². The summed E-state index contributed by atoms with van der Waals surface area (Å²) in [4.78, 5) is 25.1. The standard InChI is InChI=1S/C17H17F3N4O2/c1-4-14(25)23(3)12-8-6-11(7-9-12)16(26)22-13-10-21-24(5-2)15(13)17(18,19)20/h4,6-10H,1,5H2,2-3H3,(H,22,26). The first-order valence-electron chi connectivity index (χ1n) is 7.63. The fourth-order valence-electron chi connectivity index (χ4n) is 2.31. The van der Waals surface area contributed by atoms with Gasteiger partial charge in [0.25, 0.3) is 5.91 Å². The number of alkyl halides is 3. The number of nitrogens with one attached hydrogen (secondary N) is 1. The topological polar surface area (TPSA) is 67.2 Å². The van der Waals surface area contributed by atoms with Crippen molar-refractivity contribution in [2.75, 3.05) is 17.3 Å². The second kappa shape index (κ2) is 7.42. The largest absolute Gasteiger partial charge is 0.435 e. The zero-order chi connectivity index (χ0) is 19.5. The number of nitrogens with zero attached hydrogens (tertiary/aromatic N) is 3. The molecule has 1 heterocycles. The van der Waals surface area contributed by atoms with Crippen LogP contribution >= 0.6 is 0 Å². The lowest BCUT2D eigenvalue weighted by atomic mass is 10.1. The van der Waals surface area contributed by atoms with Gasteiger partial charge in [0.05, 0.1) is 11.9 Å². The number of rotatable bonds is 5. The monoisotopic (exact) mass is 366 g/mol. The number of halogens is 3. The van der Waals surface area contributed by atoms with Crippen LogP contribution in [0.5, 0.6) is 0 Å². The van der Waals surface area contributed by atoms with Gasteiger partial charge in [-0.1, -0.05) is 6.58 Å². The molecule has 6 nitrogen and oxygen atoms in total. The molecule has 0 spiro atoms. The van der Waals surface area contributed by atoms with Crippen LogP contribution in [0, 0.1) is 0 Å². The second-order valence-electron chi connectivity index (χ2n) is 5.32. The fourth-order valence-corrected chi connectivity index (χ4v) is 2.31. The summed E-state index contributed by atoms with van der Waals surface area (Å²) in [6.07, 6.45) is -2.54. The molecule has 1 aromatic heterocycles. The maximum Gasteiger partial charge on any atom is 0.435 e.